The van der Waals surface area contributed by atoms with Crippen molar-refractivity contribution in [3.05, 3.63) is 77.2 Å². The van der Waals surface area contributed by atoms with E-state index in [4.69, 9.17) is 9.47 Å². The summed E-state index contributed by atoms with van der Waals surface area (Å²) in [6.45, 7) is 1.86. The molecule has 162 valence electrons. The molecule has 2 aromatic carbocycles. The van der Waals surface area contributed by atoms with Crippen molar-refractivity contribution in [2.24, 2.45) is 0 Å². The third-order valence-electron chi connectivity index (χ3n) is 5.42. The Balaban J connectivity index is 1.51. The minimum absolute atomic E-state index is 0.130. The van der Waals surface area contributed by atoms with Gasteiger partial charge in [-0.15, -0.1) is 0 Å². The molecule has 0 amide bonds. The largest absolute Gasteiger partial charge is 0.489 e. The fourth-order valence-electron chi connectivity index (χ4n) is 3.68. The number of carbonyl (C=O) groups excluding carboxylic acids is 1. The van der Waals surface area contributed by atoms with Crippen molar-refractivity contribution in [3.8, 4) is 23.1 Å². The average molecular weight is 428 g/mol. The van der Waals surface area contributed by atoms with E-state index in [9.17, 15) is 10.1 Å². The Morgan fingerprint density at radius 1 is 1.16 bits per heavy atom. The summed E-state index contributed by atoms with van der Waals surface area (Å²) in [5.41, 5.74) is 3.56. The lowest BCUT2D eigenvalue weighted by Crippen LogP contribution is -2.34. The van der Waals surface area contributed by atoms with Crippen LogP contribution in [0, 0.1) is 11.3 Å². The van der Waals surface area contributed by atoms with Gasteiger partial charge in [0.05, 0.1) is 23.9 Å². The van der Waals surface area contributed by atoms with Gasteiger partial charge < -0.3 is 14.8 Å². The van der Waals surface area contributed by atoms with Crippen molar-refractivity contribution in [1.29, 1.82) is 5.26 Å². The van der Waals surface area contributed by atoms with Gasteiger partial charge in [0.1, 0.15) is 23.7 Å². The predicted octanol–water partition coefficient (Wildman–Crippen LogP) is 3.52. The van der Waals surface area contributed by atoms with E-state index in [-0.39, 0.29) is 12.1 Å². The summed E-state index contributed by atoms with van der Waals surface area (Å²) in [7, 11) is 1.36. The van der Waals surface area contributed by atoms with Gasteiger partial charge >= 0.3 is 5.97 Å². The van der Waals surface area contributed by atoms with Crippen LogP contribution in [0.25, 0.3) is 11.3 Å². The Morgan fingerprint density at radius 2 is 1.94 bits per heavy atom. The number of nitrogens with zero attached hydrogens (tertiary/aromatic N) is 3. The van der Waals surface area contributed by atoms with Gasteiger partial charge in [0, 0.05) is 18.2 Å². The number of rotatable bonds is 6. The number of nitriles is 1. The Labute approximate surface area is 187 Å². The smallest absolute Gasteiger partial charge is 0.337 e. The lowest BCUT2D eigenvalue weighted by atomic mass is 10.1. The third-order valence-corrected chi connectivity index (χ3v) is 5.42. The summed E-state index contributed by atoms with van der Waals surface area (Å²) in [5, 5.41) is 13.0. The number of hydrogen-bond acceptors (Lipinski definition) is 7. The first kappa shape index (κ1) is 21.5. The molecule has 1 saturated heterocycles. The first-order chi connectivity index (χ1) is 15.7. The average Bonchev–Trinajstić information content (AvgIpc) is 2.85. The number of benzene rings is 2. The van der Waals surface area contributed by atoms with E-state index >= 15 is 0 Å². The summed E-state index contributed by atoms with van der Waals surface area (Å²) in [6.07, 6.45) is 4.24. The number of methoxy groups -OCH3 is 1. The van der Waals surface area contributed by atoms with E-state index in [2.05, 4.69) is 21.4 Å². The van der Waals surface area contributed by atoms with E-state index in [0.717, 1.165) is 42.8 Å². The molecule has 1 aliphatic heterocycles. The number of aromatic nitrogens is 2. The van der Waals surface area contributed by atoms with Crippen LogP contribution in [-0.4, -0.2) is 42.2 Å². The molecule has 0 aliphatic carbocycles. The van der Waals surface area contributed by atoms with E-state index in [1.165, 1.54) is 7.11 Å². The lowest BCUT2D eigenvalue weighted by molar-refractivity contribution is 0.0600. The van der Waals surface area contributed by atoms with Gasteiger partial charge in [0.2, 0.25) is 0 Å². The maximum atomic E-state index is 11.6. The minimum Gasteiger partial charge on any atom is -0.489 e. The van der Waals surface area contributed by atoms with Gasteiger partial charge in [-0.25, -0.2) is 14.8 Å². The number of hydrogen-bond donors (Lipinski definition) is 1. The SMILES string of the molecule is COC(=O)c1ccc(Cc2nccc(-c3ccc(OC4CCNCC4)c(C#N)c3)n2)cc1. The third kappa shape index (κ3) is 5.10. The topological polar surface area (TPSA) is 97.1 Å². The standard InChI is InChI=1S/C25H24N4O3/c1-31-25(30)18-4-2-17(3-5-18)14-24-28-13-10-22(29-24)19-6-7-23(20(15-19)16-26)32-21-8-11-27-12-9-21/h2-7,10,13,15,21,27H,8-9,11-12,14H2,1H3. The van der Waals surface area contributed by atoms with Gasteiger partial charge in [-0.1, -0.05) is 12.1 Å². The molecule has 0 bridgehead atoms. The molecule has 0 radical (unpaired) electrons. The van der Waals surface area contributed by atoms with E-state index in [1.54, 1.807) is 18.3 Å². The first-order valence-corrected chi connectivity index (χ1v) is 10.6. The Bertz CT molecular complexity index is 1130. The Morgan fingerprint density at radius 3 is 2.66 bits per heavy atom. The molecule has 2 heterocycles. The van der Waals surface area contributed by atoms with Crippen LogP contribution in [0.15, 0.2) is 54.7 Å². The first-order valence-electron chi connectivity index (χ1n) is 10.6. The fourth-order valence-corrected chi connectivity index (χ4v) is 3.68. The van der Waals surface area contributed by atoms with Crippen molar-refractivity contribution < 1.29 is 14.3 Å². The second-order valence-corrected chi connectivity index (χ2v) is 7.61. The van der Waals surface area contributed by atoms with Gasteiger partial charge in [-0.05, 0) is 67.9 Å². The van der Waals surface area contributed by atoms with Gasteiger partial charge in [-0.2, -0.15) is 5.26 Å². The normalized spacial score (nSPS) is 13.9. The van der Waals surface area contributed by atoms with Gasteiger partial charge in [0.25, 0.3) is 0 Å². The van der Waals surface area contributed by atoms with Crippen LogP contribution in [0.4, 0.5) is 0 Å². The molecule has 1 aromatic heterocycles. The molecule has 1 aliphatic rings. The fraction of sp³-hybridized carbons (Fsp3) is 0.280. The highest BCUT2D eigenvalue weighted by Gasteiger charge is 2.17. The van der Waals surface area contributed by atoms with E-state index in [1.807, 2.05) is 36.4 Å². The summed E-state index contributed by atoms with van der Waals surface area (Å²) >= 11 is 0. The quantitative estimate of drug-likeness (QED) is 0.600. The number of ether oxygens (including phenoxy) is 2. The number of carbonyl (C=O) groups is 1. The van der Waals surface area contributed by atoms with Crippen molar-refractivity contribution in [2.75, 3.05) is 20.2 Å². The highest BCUT2D eigenvalue weighted by Crippen LogP contribution is 2.27. The van der Waals surface area contributed by atoms with Crippen LogP contribution in [0.3, 0.4) is 0 Å². The zero-order valence-corrected chi connectivity index (χ0v) is 17.9. The van der Waals surface area contributed by atoms with E-state index in [0.29, 0.717) is 29.1 Å². The van der Waals surface area contributed by atoms with E-state index < -0.39 is 0 Å². The second kappa shape index (κ2) is 10.0. The van der Waals surface area contributed by atoms with Crippen LogP contribution in [0.1, 0.15) is 40.2 Å². The monoisotopic (exact) mass is 428 g/mol. The number of piperidine rings is 1. The van der Waals surface area contributed by atoms with Crippen LogP contribution >= 0.6 is 0 Å². The maximum Gasteiger partial charge on any atom is 0.337 e. The molecule has 7 heteroatoms. The molecule has 4 rings (SSSR count). The molecule has 3 aromatic rings. The van der Waals surface area contributed by atoms with Gasteiger partial charge in [-0.3, -0.25) is 0 Å². The van der Waals surface area contributed by atoms with Crippen molar-refractivity contribution in [2.45, 2.75) is 25.4 Å². The highest BCUT2D eigenvalue weighted by molar-refractivity contribution is 5.89. The van der Waals surface area contributed by atoms with Crippen LogP contribution < -0.4 is 10.1 Å². The summed E-state index contributed by atoms with van der Waals surface area (Å²) in [4.78, 5) is 20.6. The molecular weight excluding hydrogens is 404 g/mol. The molecule has 1 fully saturated rings. The van der Waals surface area contributed by atoms with Crippen molar-refractivity contribution in [1.82, 2.24) is 15.3 Å². The van der Waals surface area contributed by atoms with Crippen molar-refractivity contribution >= 4 is 5.97 Å². The zero-order chi connectivity index (χ0) is 22.3. The minimum atomic E-state index is -0.365. The molecule has 32 heavy (non-hydrogen) atoms. The second-order valence-electron chi connectivity index (χ2n) is 7.61. The zero-order valence-electron chi connectivity index (χ0n) is 17.9. The molecular formula is C25H24N4O3. The van der Waals surface area contributed by atoms with Crippen LogP contribution in [-0.2, 0) is 11.2 Å². The summed E-state index contributed by atoms with van der Waals surface area (Å²) in [6, 6.07) is 16.8. The van der Waals surface area contributed by atoms with Crippen LogP contribution in [0.5, 0.6) is 5.75 Å². The number of nitrogens with one attached hydrogen (secondary N) is 1. The molecule has 1 N–H and O–H groups in total. The van der Waals surface area contributed by atoms with Gasteiger partial charge in [0.15, 0.2) is 0 Å². The molecule has 0 spiro atoms. The van der Waals surface area contributed by atoms with Crippen molar-refractivity contribution in [3.63, 3.8) is 0 Å². The Kier molecular flexibility index (Phi) is 6.73. The molecule has 7 nitrogen and oxygen atoms in total. The lowest BCUT2D eigenvalue weighted by Gasteiger charge is -2.24. The molecule has 0 saturated carbocycles. The Hall–Kier alpha value is -3.76. The predicted molar refractivity (Wildman–Crippen MR) is 119 cm³/mol. The summed E-state index contributed by atoms with van der Waals surface area (Å²) < 4.78 is 10.8. The maximum absolute atomic E-state index is 11.6. The summed E-state index contributed by atoms with van der Waals surface area (Å²) in [5.74, 6) is 0.903. The molecule has 0 atom stereocenters. The molecule has 0 unspecified atom stereocenters. The number of esters is 1. The highest BCUT2D eigenvalue weighted by atomic mass is 16.5. The van der Waals surface area contributed by atoms with Crippen LogP contribution in [0.2, 0.25) is 0 Å².